The van der Waals surface area contributed by atoms with Crippen molar-refractivity contribution in [2.75, 3.05) is 39.6 Å². The maximum Gasteiger partial charge on any atom is 0.472 e. The Kier molecular flexibility index (Phi) is 71.8. The molecule has 0 amide bonds. The number of allylic oxidation sites excluding steroid dienone is 18. The van der Waals surface area contributed by atoms with Crippen molar-refractivity contribution < 1.29 is 80.2 Å². The van der Waals surface area contributed by atoms with Gasteiger partial charge in [0.1, 0.15) is 19.3 Å². The van der Waals surface area contributed by atoms with Gasteiger partial charge in [-0.15, -0.1) is 0 Å². The number of ether oxygens (including phenoxy) is 4. The molecule has 102 heavy (non-hydrogen) atoms. The zero-order valence-corrected chi connectivity index (χ0v) is 66.0. The normalized spacial score (nSPS) is 14.5. The fourth-order valence-corrected chi connectivity index (χ4v) is 12.1. The molecule has 0 spiro atoms. The van der Waals surface area contributed by atoms with Gasteiger partial charge in [0.05, 0.1) is 26.4 Å². The Morgan fingerprint density at radius 1 is 0.284 bits per heavy atom. The first-order valence-corrected chi connectivity index (χ1v) is 43.1. The molecular weight excluding hydrogens is 1330 g/mol. The van der Waals surface area contributed by atoms with E-state index in [2.05, 4.69) is 137 Å². The van der Waals surface area contributed by atoms with Gasteiger partial charge < -0.3 is 33.8 Å². The number of unbranched alkanes of at least 4 members (excludes halogenated alkanes) is 31. The Labute approximate surface area is 619 Å². The minimum absolute atomic E-state index is 0.0749. The van der Waals surface area contributed by atoms with E-state index < -0.39 is 97.5 Å². The highest BCUT2D eigenvalue weighted by molar-refractivity contribution is 7.47. The summed E-state index contributed by atoms with van der Waals surface area (Å²) in [6.45, 7) is 4.66. The number of esters is 4. The first-order chi connectivity index (χ1) is 49.7. The average molecular weight is 1480 g/mol. The molecule has 0 fully saturated rings. The molecule has 588 valence electrons. The number of carbonyl (C=O) groups excluding carboxylic acids is 4. The predicted octanol–water partition coefficient (Wildman–Crippen LogP) is 23.3. The second-order valence-electron chi connectivity index (χ2n) is 26.6. The van der Waals surface area contributed by atoms with Gasteiger partial charge >= 0.3 is 39.5 Å². The third-order valence-corrected chi connectivity index (χ3v) is 18.6. The van der Waals surface area contributed by atoms with E-state index in [9.17, 15) is 43.2 Å². The Hall–Kier alpha value is -4.28. The summed E-state index contributed by atoms with van der Waals surface area (Å²) in [7, 11) is -9.97. The van der Waals surface area contributed by atoms with Crippen LogP contribution in [0.5, 0.6) is 0 Å². The Morgan fingerprint density at radius 3 is 0.814 bits per heavy atom. The number of carbonyl (C=O) groups is 4. The summed E-state index contributed by atoms with van der Waals surface area (Å²) in [5, 5.41) is 10.6. The standard InChI is InChI=1S/C83H144O17P2/c1-5-9-13-17-21-25-29-33-36-37-38-39-42-45-48-52-56-60-64-68-81(86)94-74-79(100-83(88)70-66-62-58-54-50-46-41-35-31-27-23-19-15-11-7-3)76-98-102(91,92)96-72-77(84)71-95-101(89,90)97-75-78(99-82(87)69-65-61-57-53-49-43-32-28-24-20-16-12-8-4)73-93-80(85)67-63-59-55-51-47-44-40-34-30-26-22-18-14-10-6-2/h10,14,21-23,25-28,32-36,38-41,77-79,84H,5-9,11-13,15-20,24,29-31,37,42-76H2,1-4H3,(H,89,90)(H,91,92)/b14-10-,25-21-,26-22-,27-23-,32-28-,36-33-,39-38-,40-34-,41-35-. The molecule has 0 heterocycles. The fourth-order valence-electron chi connectivity index (χ4n) is 10.6. The van der Waals surface area contributed by atoms with E-state index in [0.717, 1.165) is 193 Å². The van der Waals surface area contributed by atoms with Crippen LogP contribution >= 0.6 is 15.6 Å². The highest BCUT2D eigenvalue weighted by atomic mass is 31.2. The minimum Gasteiger partial charge on any atom is -0.462 e. The monoisotopic (exact) mass is 1470 g/mol. The van der Waals surface area contributed by atoms with Crippen LogP contribution in [0.3, 0.4) is 0 Å². The summed E-state index contributed by atoms with van der Waals surface area (Å²) in [5.41, 5.74) is 0. The van der Waals surface area contributed by atoms with Crippen molar-refractivity contribution >= 4 is 39.5 Å². The molecule has 5 atom stereocenters. The zero-order valence-electron chi connectivity index (χ0n) is 64.3. The van der Waals surface area contributed by atoms with Gasteiger partial charge in [0, 0.05) is 25.7 Å². The Balaban J connectivity index is 5.37. The second kappa shape index (κ2) is 75.0. The first kappa shape index (κ1) is 97.7. The minimum atomic E-state index is -4.99. The Morgan fingerprint density at radius 2 is 0.510 bits per heavy atom. The predicted molar refractivity (Wildman–Crippen MR) is 418 cm³/mol. The molecule has 0 saturated carbocycles. The summed E-state index contributed by atoms with van der Waals surface area (Å²) in [4.78, 5) is 73.0. The molecule has 0 saturated heterocycles. The first-order valence-electron chi connectivity index (χ1n) is 40.1. The maximum atomic E-state index is 13.1. The zero-order chi connectivity index (χ0) is 74.6. The lowest BCUT2D eigenvalue weighted by Gasteiger charge is -2.21. The largest absolute Gasteiger partial charge is 0.472 e. The van der Waals surface area contributed by atoms with E-state index in [1.807, 2.05) is 0 Å². The highest BCUT2D eigenvalue weighted by Crippen LogP contribution is 2.45. The van der Waals surface area contributed by atoms with Gasteiger partial charge in [-0.25, -0.2) is 9.13 Å². The second-order valence-corrected chi connectivity index (χ2v) is 29.5. The van der Waals surface area contributed by atoms with Gasteiger partial charge in [-0.2, -0.15) is 0 Å². The maximum absolute atomic E-state index is 13.1. The lowest BCUT2D eigenvalue weighted by atomic mass is 10.1. The Bertz CT molecular complexity index is 2360. The smallest absolute Gasteiger partial charge is 0.462 e. The molecule has 0 radical (unpaired) electrons. The number of rotatable bonds is 75. The molecule has 0 aromatic heterocycles. The van der Waals surface area contributed by atoms with Crippen molar-refractivity contribution in [3.63, 3.8) is 0 Å². The van der Waals surface area contributed by atoms with Crippen LogP contribution in [0.25, 0.3) is 0 Å². The average Bonchev–Trinajstić information content (AvgIpc) is 0.909. The summed E-state index contributed by atoms with van der Waals surface area (Å²) < 4.78 is 68.6. The third-order valence-electron chi connectivity index (χ3n) is 16.7. The summed E-state index contributed by atoms with van der Waals surface area (Å²) in [5.74, 6) is -2.22. The number of aliphatic hydroxyl groups excluding tert-OH is 1. The van der Waals surface area contributed by atoms with Crippen molar-refractivity contribution in [2.24, 2.45) is 0 Å². The number of phosphoric ester groups is 2. The van der Waals surface area contributed by atoms with Gasteiger partial charge in [-0.1, -0.05) is 265 Å². The molecule has 0 aliphatic heterocycles. The molecule has 19 heteroatoms. The van der Waals surface area contributed by atoms with Crippen molar-refractivity contribution in [1.82, 2.24) is 0 Å². The number of hydrogen-bond donors (Lipinski definition) is 3. The number of phosphoric acid groups is 2. The number of hydrogen-bond acceptors (Lipinski definition) is 15. The molecule has 0 bridgehead atoms. The summed E-state index contributed by atoms with van der Waals surface area (Å²) in [6.07, 6.45) is 80.6. The van der Waals surface area contributed by atoms with Crippen LogP contribution in [0.1, 0.15) is 336 Å². The molecular formula is C83H144O17P2. The molecule has 0 aliphatic carbocycles. The van der Waals surface area contributed by atoms with Crippen LogP contribution < -0.4 is 0 Å². The molecule has 5 unspecified atom stereocenters. The highest BCUT2D eigenvalue weighted by Gasteiger charge is 2.30. The van der Waals surface area contributed by atoms with Crippen LogP contribution in [0.2, 0.25) is 0 Å². The number of aliphatic hydroxyl groups is 1. The van der Waals surface area contributed by atoms with Gasteiger partial charge in [-0.05, 0) is 154 Å². The van der Waals surface area contributed by atoms with E-state index in [-0.39, 0.29) is 25.7 Å². The van der Waals surface area contributed by atoms with Gasteiger partial charge in [0.2, 0.25) is 0 Å². The summed E-state index contributed by atoms with van der Waals surface area (Å²) in [6, 6.07) is 0. The lowest BCUT2D eigenvalue weighted by molar-refractivity contribution is -0.161. The van der Waals surface area contributed by atoms with Crippen molar-refractivity contribution in [1.29, 1.82) is 0 Å². The van der Waals surface area contributed by atoms with Crippen molar-refractivity contribution in [3.05, 3.63) is 109 Å². The lowest BCUT2D eigenvalue weighted by Crippen LogP contribution is -2.30. The SMILES string of the molecule is CC/C=C\C/C=C\C/C=C\CCCCCCCC(=O)OCC(COP(=O)(O)OCC(O)COP(=O)(O)OCC(COC(=O)CCCCCCCC/C=C\C/C=C\C/C=C\CCCCC)OC(=O)CCCCCCC/C=C\C/C=C\CCCCC)OC(=O)CCCCCCC/C=C\CCCCCC. The summed E-state index contributed by atoms with van der Waals surface area (Å²) >= 11 is 0. The van der Waals surface area contributed by atoms with E-state index in [1.165, 1.54) is 64.2 Å². The molecule has 17 nitrogen and oxygen atoms in total. The van der Waals surface area contributed by atoms with Crippen LogP contribution in [0.15, 0.2) is 109 Å². The van der Waals surface area contributed by atoms with Gasteiger partial charge in [0.25, 0.3) is 0 Å². The van der Waals surface area contributed by atoms with E-state index >= 15 is 0 Å². The van der Waals surface area contributed by atoms with Crippen LogP contribution in [0, 0.1) is 0 Å². The molecule has 3 N–H and O–H groups in total. The van der Waals surface area contributed by atoms with Crippen molar-refractivity contribution in [3.8, 4) is 0 Å². The van der Waals surface area contributed by atoms with Gasteiger partial charge in [0.15, 0.2) is 12.2 Å². The van der Waals surface area contributed by atoms with E-state index in [4.69, 9.17) is 37.0 Å². The van der Waals surface area contributed by atoms with Gasteiger partial charge in [-0.3, -0.25) is 37.3 Å². The van der Waals surface area contributed by atoms with Crippen LogP contribution in [-0.4, -0.2) is 96.7 Å². The van der Waals surface area contributed by atoms with Crippen LogP contribution in [0.4, 0.5) is 0 Å². The van der Waals surface area contributed by atoms with Crippen molar-refractivity contribution in [2.45, 2.75) is 354 Å². The quantitative estimate of drug-likeness (QED) is 0.0169. The molecule has 0 aromatic carbocycles. The molecule has 0 aliphatic rings. The fraction of sp³-hybridized carbons (Fsp3) is 0.735. The molecule has 0 rings (SSSR count). The van der Waals surface area contributed by atoms with E-state index in [0.29, 0.717) is 25.7 Å². The molecule has 0 aromatic rings. The third kappa shape index (κ3) is 74.0. The van der Waals surface area contributed by atoms with Crippen LogP contribution in [-0.2, 0) is 65.4 Å². The topological polar surface area (TPSA) is 237 Å². The van der Waals surface area contributed by atoms with E-state index in [1.54, 1.807) is 0 Å².